The summed E-state index contributed by atoms with van der Waals surface area (Å²) in [7, 11) is 0. The van der Waals surface area contributed by atoms with Crippen molar-refractivity contribution >= 4 is 5.82 Å². The summed E-state index contributed by atoms with van der Waals surface area (Å²) in [4.78, 5) is 3.70. The van der Waals surface area contributed by atoms with E-state index in [0.29, 0.717) is 5.82 Å². The Morgan fingerprint density at radius 2 is 2.38 bits per heavy atom. The monoisotopic (exact) mass is 132 g/mol. The number of hydrogen-bond donors (Lipinski definition) is 1. The Labute approximate surface area is 90.9 Å². The minimum atomic E-state index is 0. The predicted octanol–water partition coefficient (Wildman–Crippen LogP) is -2.53. The zero-order chi connectivity index (χ0) is 5.11. The number of hydrogen-bond acceptors (Lipinski definition) is 2. The van der Waals surface area contributed by atoms with Crippen LogP contribution in [0.5, 0.6) is 0 Å². The summed E-state index contributed by atoms with van der Waals surface area (Å²) < 4.78 is 0. The van der Waals surface area contributed by atoms with Gasteiger partial charge < -0.3 is 5.73 Å². The van der Waals surface area contributed by atoms with Gasteiger partial charge in [0.05, 0.1) is 0 Å². The number of nitrogen functional groups attached to an aromatic ring is 1. The normalized spacial score (nSPS) is 7.50. The third-order valence-electron chi connectivity index (χ3n) is 0.638. The van der Waals surface area contributed by atoms with E-state index >= 15 is 0 Å². The Kier molecular flexibility index (Phi) is 4.79. The molecule has 0 aromatic carbocycles. The zero-order valence-electron chi connectivity index (χ0n) is 4.76. The van der Waals surface area contributed by atoms with Gasteiger partial charge >= 0.3 is 51.4 Å². The summed E-state index contributed by atoms with van der Waals surface area (Å²) in [5.74, 6) is 0.541. The fourth-order valence-electron chi connectivity index (χ4n) is 0.331. The number of nitrogens with two attached hydrogens (primary N) is 1. The fourth-order valence-corrected chi connectivity index (χ4v) is 0.331. The number of anilines is 1. The van der Waals surface area contributed by atoms with Crippen molar-refractivity contribution in [2.45, 2.75) is 0 Å². The smallest absolute Gasteiger partial charge is 0.399 e. The van der Waals surface area contributed by atoms with Crippen LogP contribution < -0.4 is 57.1 Å². The second-order valence-electron chi connectivity index (χ2n) is 1.18. The van der Waals surface area contributed by atoms with E-state index in [0.717, 1.165) is 0 Å². The topological polar surface area (TPSA) is 38.9 Å². The molecule has 0 saturated carbocycles. The van der Waals surface area contributed by atoms with Crippen LogP contribution in [0.4, 0.5) is 5.82 Å². The van der Waals surface area contributed by atoms with Gasteiger partial charge in [-0.3, -0.25) is 4.98 Å². The van der Waals surface area contributed by atoms with Gasteiger partial charge in [-0.15, -0.1) is 0 Å². The molecule has 0 atom stereocenters. The average Bonchev–Trinajstić information content (AvgIpc) is 1.69. The molecule has 0 bridgehead atoms. The Morgan fingerprint density at radius 1 is 1.62 bits per heavy atom. The fraction of sp³-hybridized carbons (Fsp3) is 0. The summed E-state index contributed by atoms with van der Waals surface area (Å²) in [6.45, 7) is 0. The number of aromatic nitrogens is 1. The third kappa shape index (κ3) is 2.79. The Bertz CT molecular complexity index is 140. The van der Waals surface area contributed by atoms with E-state index in [-0.39, 0.29) is 51.4 Å². The van der Waals surface area contributed by atoms with Gasteiger partial charge in [-0.2, -0.15) is 6.07 Å². The Balaban J connectivity index is 0.000000490. The molecular weight excluding hydrogens is 127 g/mol. The van der Waals surface area contributed by atoms with Gasteiger partial charge in [0.2, 0.25) is 0 Å². The Morgan fingerprint density at radius 3 is 2.62 bits per heavy atom. The second-order valence-corrected chi connectivity index (χ2v) is 1.18. The number of nitrogens with zero attached hydrogens (tertiary/aromatic N) is 1. The van der Waals surface area contributed by atoms with Gasteiger partial charge in [0.1, 0.15) is 0 Å². The molecule has 1 rings (SSSR count). The second kappa shape index (κ2) is 4.46. The van der Waals surface area contributed by atoms with Crippen LogP contribution in [-0.2, 0) is 0 Å². The molecule has 0 spiro atoms. The van der Waals surface area contributed by atoms with Crippen LogP contribution >= 0.6 is 0 Å². The molecule has 0 aliphatic heterocycles. The molecule has 0 saturated heterocycles. The van der Waals surface area contributed by atoms with E-state index in [1.165, 1.54) is 6.20 Å². The molecule has 8 heavy (non-hydrogen) atoms. The number of pyridine rings is 1. The summed E-state index contributed by atoms with van der Waals surface area (Å²) >= 11 is 0. The molecule has 0 radical (unpaired) electrons. The summed E-state index contributed by atoms with van der Waals surface area (Å²) in [5.41, 5.74) is 5.23. The SMILES string of the molecule is Nc1cc[c-]cn1.[K+]. The molecule has 0 aliphatic rings. The average molecular weight is 132 g/mol. The molecule has 36 valence electrons. The van der Waals surface area contributed by atoms with Gasteiger partial charge in [0.15, 0.2) is 0 Å². The van der Waals surface area contributed by atoms with Crippen molar-refractivity contribution in [2.24, 2.45) is 0 Å². The first kappa shape index (κ1) is 8.59. The van der Waals surface area contributed by atoms with Crippen LogP contribution in [0.2, 0.25) is 0 Å². The quantitative estimate of drug-likeness (QED) is 0.312. The van der Waals surface area contributed by atoms with E-state index in [1.54, 1.807) is 12.1 Å². The van der Waals surface area contributed by atoms with Crippen molar-refractivity contribution in [1.82, 2.24) is 4.98 Å². The van der Waals surface area contributed by atoms with Gasteiger partial charge in [0.25, 0.3) is 0 Å². The van der Waals surface area contributed by atoms with Crippen molar-refractivity contribution in [3.63, 3.8) is 0 Å². The Hall–Kier alpha value is 0.586. The first-order valence-electron chi connectivity index (χ1n) is 1.97. The summed E-state index contributed by atoms with van der Waals surface area (Å²) in [5, 5.41) is 0. The van der Waals surface area contributed by atoms with Crippen molar-refractivity contribution in [2.75, 3.05) is 5.73 Å². The van der Waals surface area contributed by atoms with Crippen molar-refractivity contribution in [3.05, 3.63) is 24.4 Å². The molecule has 2 nitrogen and oxygen atoms in total. The van der Waals surface area contributed by atoms with Crippen LogP contribution in [-0.4, -0.2) is 4.98 Å². The van der Waals surface area contributed by atoms with Crippen molar-refractivity contribution in [3.8, 4) is 0 Å². The van der Waals surface area contributed by atoms with E-state index in [4.69, 9.17) is 5.73 Å². The van der Waals surface area contributed by atoms with Crippen LogP contribution in [0, 0.1) is 6.07 Å². The van der Waals surface area contributed by atoms with Crippen molar-refractivity contribution < 1.29 is 51.4 Å². The van der Waals surface area contributed by atoms with Gasteiger partial charge in [-0.25, -0.2) is 12.1 Å². The molecule has 1 heterocycles. The van der Waals surface area contributed by atoms with Crippen molar-refractivity contribution in [1.29, 1.82) is 0 Å². The van der Waals surface area contributed by atoms with Crippen LogP contribution in [0.25, 0.3) is 0 Å². The zero-order valence-corrected chi connectivity index (χ0v) is 7.88. The maximum Gasteiger partial charge on any atom is 1.00 e. The van der Waals surface area contributed by atoms with Crippen LogP contribution in [0.1, 0.15) is 0 Å². The van der Waals surface area contributed by atoms with Crippen LogP contribution in [0.15, 0.2) is 18.3 Å². The minimum Gasteiger partial charge on any atom is -0.399 e. The molecule has 0 fully saturated rings. The number of rotatable bonds is 0. The molecule has 0 amide bonds. The molecular formula is C5H5KN2. The summed E-state index contributed by atoms with van der Waals surface area (Å²) in [6, 6.07) is 6.16. The predicted molar refractivity (Wildman–Crippen MR) is 27.5 cm³/mol. The van der Waals surface area contributed by atoms with Gasteiger partial charge in [-0.1, -0.05) is 6.20 Å². The van der Waals surface area contributed by atoms with E-state index < -0.39 is 0 Å². The largest absolute Gasteiger partial charge is 1.00 e. The van der Waals surface area contributed by atoms with Gasteiger partial charge in [0, 0.05) is 5.82 Å². The van der Waals surface area contributed by atoms with E-state index in [9.17, 15) is 0 Å². The molecule has 2 N–H and O–H groups in total. The standard InChI is InChI=1S/C5H5N2.K/c6-5-3-1-2-4-7-5;/h1,3-4H,(H2,6,7);/q-1;+1. The first-order chi connectivity index (χ1) is 3.39. The molecule has 1 aromatic rings. The first-order valence-corrected chi connectivity index (χ1v) is 1.97. The molecule has 3 heteroatoms. The molecule has 1 aromatic heterocycles. The summed E-state index contributed by atoms with van der Waals surface area (Å²) in [6.07, 6.45) is 1.54. The molecule has 0 aliphatic carbocycles. The minimum absolute atomic E-state index is 0. The third-order valence-corrected chi connectivity index (χ3v) is 0.638. The molecule has 0 unspecified atom stereocenters. The van der Waals surface area contributed by atoms with E-state index in [2.05, 4.69) is 11.1 Å². The van der Waals surface area contributed by atoms with Crippen LogP contribution in [0.3, 0.4) is 0 Å². The maximum absolute atomic E-state index is 5.23. The maximum atomic E-state index is 5.23. The van der Waals surface area contributed by atoms with Gasteiger partial charge in [-0.05, 0) is 0 Å². The van der Waals surface area contributed by atoms with E-state index in [1.807, 2.05) is 0 Å².